The topological polar surface area (TPSA) is 32.0 Å². The monoisotopic (exact) mass is 631 g/mol. The third kappa shape index (κ3) is 4.20. The minimum absolute atomic E-state index is 0.232. The van der Waals surface area contributed by atoms with E-state index in [4.69, 9.17) is 0 Å². The molecule has 0 saturated heterocycles. The number of nitrogens with zero attached hydrogens (tertiary/aromatic N) is 3. The number of hydrogen-bond donors (Lipinski definition) is 0. The molecular formula is C46H37N3. The minimum atomic E-state index is -0.631. The van der Waals surface area contributed by atoms with Gasteiger partial charge in [-0.3, -0.25) is 0 Å². The van der Waals surface area contributed by atoms with Gasteiger partial charge in [0, 0.05) is 33.6 Å². The largest absolute Gasteiger partial charge is 0.330 e. The van der Waals surface area contributed by atoms with Gasteiger partial charge >= 0.3 is 0 Å². The number of anilines is 2. The molecule has 5 aromatic carbocycles. The third-order valence-corrected chi connectivity index (χ3v) is 11.0. The van der Waals surface area contributed by atoms with Crippen LogP contribution in [0.25, 0.3) is 49.8 Å². The van der Waals surface area contributed by atoms with Gasteiger partial charge in [-0.05, 0) is 85.9 Å². The van der Waals surface area contributed by atoms with Gasteiger partial charge in [-0.2, -0.15) is 5.26 Å². The minimum Gasteiger partial charge on any atom is -0.330 e. The Hall–Kier alpha value is -5.85. The molecule has 1 aliphatic heterocycles. The molecule has 0 N–H and O–H groups in total. The zero-order chi connectivity index (χ0) is 33.3. The first-order valence-electron chi connectivity index (χ1n) is 17.2. The van der Waals surface area contributed by atoms with Crippen LogP contribution in [0.3, 0.4) is 0 Å². The molecule has 0 fully saturated rings. The Balaban J connectivity index is 1.33. The molecule has 0 spiro atoms. The molecular weight excluding hydrogens is 595 g/mol. The van der Waals surface area contributed by atoms with Gasteiger partial charge in [0.25, 0.3) is 0 Å². The number of allylic oxidation sites excluding steroid dienone is 6. The van der Waals surface area contributed by atoms with Gasteiger partial charge in [-0.15, -0.1) is 0 Å². The quantitative estimate of drug-likeness (QED) is 0.194. The van der Waals surface area contributed by atoms with Crippen LogP contribution in [-0.4, -0.2) is 10.1 Å². The molecule has 0 saturated carbocycles. The van der Waals surface area contributed by atoms with Crippen molar-refractivity contribution in [1.29, 1.82) is 5.26 Å². The van der Waals surface area contributed by atoms with Crippen molar-refractivity contribution in [3.8, 4) is 28.3 Å². The molecule has 49 heavy (non-hydrogen) atoms. The molecule has 2 heterocycles. The lowest BCUT2D eigenvalue weighted by molar-refractivity contribution is 0.542. The molecule has 3 atom stereocenters. The van der Waals surface area contributed by atoms with Crippen molar-refractivity contribution in [2.45, 2.75) is 38.6 Å². The van der Waals surface area contributed by atoms with Crippen molar-refractivity contribution in [2.24, 2.45) is 5.41 Å². The Morgan fingerprint density at radius 3 is 2.29 bits per heavy atom. The number of para-hydroxylation sites is 2. The standard InChI is InChI=1S/C46H37N3/c1-31-25-26-40-38(29-31)43-35(19-14-23-41(43)48(40)42-24-10-11-27-45(42,2)30-47)33-17-7-8-18-34(33)36-20-13-21-37-39-22-9-12-28-46(39,3)49(44(36)37)32-15-5-4-6-16-32/h4-26,28-29,39H,27H2,1-3H3/t39?,45?,46-/m0/s1. The lowest BCUT2D eigenvalue weighted by atomic mass is 9.80. The fraction of sp³-hybridized carbons (Fsp3) is 0.152. The molecule has 1 aromatic heterocycles. The molecule has 9 rings (SSSR count). The van der Waals surface area contributed by atoms with Crippen LogP contribution in [0, 0.1) is 23.7 Å². The van der Waals surface area contributed by atoms with E-state index in [-0.39, 0.29) is 11.5 Å². The van der Waals surface area contributed by atoms with Crippen LogP contribution in [0.2, 0.25) is 0 Å². The van der Waals surface area contributed by atoms with Gasteiger partial charge in [0.1, 0.15) is 0 Å². The fourth-order valence-electron chi connectivity index (χ4n) is 8.66. The van der Waals surface area contributed by atoms with E-state index >= 15 is 0 Å². The van der Waals surface area contributed by atoms with Gasteiger partial charge in [-0.1, -0.05) is 121 Å². The van der Waals surface area contributed by atoms with E-state index in [1.165, 1.54) is 55.5 Å². The first-order chi connectivity index (χ1) is 23.9. The molecule has 3 heteroatoms. The Bertz CT molecular complexity index is 2480. The highest BCUT2D eigenvalue weighted by molar-refractivity contribution is 6.18. The summed E-state index contributed by atoms with van der Waals surface area (Å²) in [5, 5.41) is 12.8. The number of nitriles is 1. The molecule has 236 valence electrons. The van der Waals surface area contributed by atoms with Crippen LogP contribution in [0.15, 0.2) is 152 Å². The summed E-state index contributed by atoms with van der Waals surface area (Å²) < 4.78 is 2.34. The van der Waals surface area contributed by atoms with Crippen LogP contribution < -0.4 is 4.90 Å². The highest BCUT2D eigenvalue weighted by Crippen LogP contribution is 2.57. The highest BCUT2D eigenvalue weighted by Gasteiger charge is 2.48. The normalized spacial score (nSPS) is 22.3. The Morgan fingerprint density at radius 1 is 0.735 bits per heavy atom. The molecule has 6 aromatic rings. The number of hydrogen-bond acceptors (Lipinski definition) is 2. The summed E-state index contributed by atoms with van der Waals surface area (Å²) in [5.74, 6) is 0.233. The van der Waals surface area contributed by atoms with E-state index in [1.807, 2.05) is 0 Å². The second kappa shape index (κ2) is 10.8. The molecule has 0 amide bonds. The first-order valence-corrected chi connectivity index (χ1v) is 17.2. The lowest BCUT2D eigenvalue weighted by Gasteiger charge is -2.39. The van der Waals surface area contributed by atoms with Crippen LogP contribution in [0.1, 0.15) is 37.3 Å². The zero-order valence-electron chi connectivity index (χ0n) is 28.1. The Labute approximate surface area is 288 Å². The highest BCUT2D eigenvalue weighted by atomic mass is 15.2. The maximum atomic E-state index is 10.4. The summed E-state index contributed by atoms with van der Waals surface area (Å²) in [6.45, 7) is 6.59. The van der Waals surface area contributed by atoms with Crippen LogP contribution >= 0.6 is 0 Å². The maximum Gasteiger partial charge on any atom is 0.0983 e. The van der Waals surface area contributed by atoms with Crippen molar-refractivity contribution < 1.29 is 0 Å². The number of benzene rings is 5. The number of aromatic nitrogens is 1. The fourth-order valence-corrected chi connectivity index (χ4v) is 8.66. The van der Waals surface area contributed by atoms with E-state index in [9.17, 15) is 5.26 Å². The maximum absolute atomic E-state index is 10.4. The van der Waals surface area contributed by atoms with Crippen molar-refractivity contribution in [3.05, 3.63) is 163 Å². The van der Waals surface area contributed by atoms with Gasteiger partial charge in [0.15, 0.2) is 0 Å². The predicted octanol–water partition coefficient (Wildman–Crippen LogP) is 11.9. The van der Waals surface area contributed by atoms with Crippen molar-refractivity contribution in [2.75, 3.05) is 4.90 Å². The van der Waals surface area contributed by atoms with Crippen molar-refractivity contribution in [1.82, 2.24) is 4.57 Å². The summed E-state index contributed by atoms with van der Waals surface area (Å²) in [6, 6.07) is 42.6. The molecule has 3 nitrogen and oxygen atoms in total. The second-order valence-corrected chi connectivity index (χ2v) is 14.1. The van der Waals surface area contributed by atoms with Gasteiger partial charge in [-0.25, -0.2) is 0 Å². The van der Waals surface area contributed by atoms with E-state index in [0.717, 1.165) is 16.7 Å². The Morgan fingerprint density at radius 2 is 1.47 bits per heavy atom. The van der Waals surface area contributed by atoms with Crippen molar-refractivity contribution >= 4 is 38.9 Å². The molecule has 2 aliphatic carbocycles. The lowest BCUT2D eigenvalue weighted by Crippen LogP contribution is -2.42. The SMILES string of the molecule is Cc1ccc2c(c1)c1c(-c3ccccc3-c3cccc4c3N(c3ccccc3)[C@@]3(C)C=CC=CC43)cccc1n2C1=CC=CCC1(C)C#N. The average Bonchev–Trinajstić information content (AvgIpc) is 3.60. The van der Waals surface area contributed by atoms with Gasteiger partial charge in [0.2, 0.25) is 0 Å². The summed E-state index contributed by atoms with van der Waals surface area (Å²) in [5.41, 5.74) is 12.2. The molecule has 2 unspecified atom stereocenters. The summed E-state index contributed by atoms with van der Waals surface area (Å²) in [6.07, 6.45) is 16.1. The number of aryl methyl sites for hydroxylation is 1. The Kier molecular flexibility index (Phi) is 6.48. The summed E-state index contributed by atoms with van der Waals surface area (Å²) in [7, 11) is 0. The van der Waals surface area contributed by atoms with Crippen LogP contribution in [0.4, 0.5) is 11.4 Å². The van der Waals surface area contributed by atoms with Crippen LogP contribution in [-0.2, 0) is 0 Å². The smallest absolute Gasteiger partial charge is 0.0983 e. The zero-order valence-corrected chi connectivity index (χ0v) is 28.1. The predicted molar refractivity (Wildman–Crippen MR) is 205 cm³/mol. The molecule has 3 aliphatic rings. The summed E-state index contributed by atoms with van der Waals surface area (Å²) >= 11 is 0. The molecule has 0 radical (unpaired) electrons. The first kappa shape index (κ1) is 29.3. The number of rotatable bonds is 4. The second-order valence-electron chi connectivity index (χ2n) is 14.1. The molecule has 0 bridgehead atoms. The van der Waals surface area contributed by atoms with Crippen LogP contribution in [0.5, 0.6) is 0 Å². The van der Waals surface area contributed by atoms with E-state index in [0.29, 0.717) is 6.42 Å². The van der Waals surface area contributed by atoms with E-state index < -0.39 is 5.41 Å². The third-order valence-electron chi connectivity index (χ3n) is 11.0. The van der Waals surface area contributed by atoms with Crippen molar-refractivity contribution in [3.63, 3.8) is 0 Å². The number of fused-ring (bicyclic) bond motifs is 6. The van der Waals surface area contributed by atoms with Gasteiger partial charge < -0.3 is 9.47 Å². The van der Waals surface area contributed by atoms with Gasteiger partial charge in [0.05, 0.1) is 33.7 Å². The van der Waals surface area contributed by atoms with E-state index in [2.05, 4.69) is 188 Å². The average molecular weight is 632 g/mol. The van der Waals surface area contributed by atoms with E-state index in [1.54, 1.807) is 0 Å². The summed E-state index contributed by atoms with van der Waals surface area (Å²) in [4.78, 5) is 2.56.